The van der Waals surface area contributed by atoms with Crippen LogP contribution in [0.25, 0.3) is 10.9 Å². The molecule has 1 N–H and O–H groups in total. The van der Waals surface area contributed by atoms with Gasteiger partial charge in [-0.15, -0.1) is 0 Å². The highest BCUT2D eigenvalue weighted by Gasteiger charge is 2.06. The molecule has 16 heavy (non-hydrogen) atoms. The Morgan fingerprint density at radius 3 is 3.00 bits per heavy atom. The summed E-state index contributed by atoms with van der Waals surface area (Å²) in [6, 6.07) is 8.18. The number of nitrogens with one attached hydrogen (secondary N) is 1. The molecule has 0 amide bonds. The number of nitrogens with zero attached hydrogens (tertiary/aromatic N) is 2. The number of fused-ring (bicyclic) bond motifs is 1. The molecular formula is C12H14ClN3. The fraction of sp³-hybridized carbons (Fsp3) is 0.250. The van der Waals surface area contributed by atoms with Crippen molar-refractivity contribution in [2.45, 2.75) is 6.54 Å². The number of para-hydroxylation sites is 1. The lowest BCUT2D eigenvalue weighted by Gasteiger charge is -2.00. The zero-order valence-electron chi connectivity index (χ0n) is 9.20. The summed E-state index contributed by atoms with van der Waals surface area (Å²) in [5, 5.41) is 9.46. The first-order chi connectivity index (χ1) is 7.68. The van der Waals surface area contributed by atoms with Crippen molar-refractivity contribution in [3.8, 4) is 0 Å². The van der Waals surface area contributed by atoms with E-state index in [1.165, 1.54) is 5.39 Å². The Kier molecular flexibility index (Phi) is 3.27. The minimum atomic E-state index is 0.604. The van der Waals surface area contributed by atoms with Crippen molar-refractivity contribution in [1.29, 1.82) is 0 Å². The van der Waals surface area contributed by atoms with Gasteiger partial charge in [-0.2, -0.15) is 5.10 Å². The van der Waals surface area contributed by atoms with E-state index in [0.29, 0.717) is 18.1 Å². The van der Waals surface area contributed by atoms with Crippen molar-refractivity contribution in [3.05, 3.63) is 41.6 Å². The first kappa shape index (κ1) is 11.2. The molecule has 0 spiro atoms. The average molecular weight is 236 g/mol. The van der Waals surface area contributed by atoms with E-state index < -0.39 is 0 Å². The largest absolute Gasteiger partial charge is 0.306 e. The summed E-state index contributed by atoms with van der Waals surface area (Å²) in [6.07, 6.45) is 0. The SMILES string of the molecule is C=C(Cl)CNCc1nn(C)c2ccccc12. The molecule has 0 atom stereocenters. The van der Waals surface area contributed by atoms with E-state index in [1.54, 1.807) is 0 Å². The number of aromatic nitrogens is 2. The third kappa shape index (κ3) is 2.26. The van der Waals surface area contributed by atoms with Gasteiger partial charge in [0.2, 0.25) is 0 Å². The number of benzene rings is 1. The predicted octanol–water partition coefficient (Wildman–Crippen LogP) is 2.42. The van der Waals surface area contributed by atoms with Gasteiger partial charge in [0.05, 0.1) is 11.2 Å². The molecule has 0 saturated carbocycles. The Bertz CT molecular complexity index is 516. The second-order valence-electron chi connectivity index (χ2n) is 3.71. The Balaban J connectivity index is 2.21. The highest BCUT2D eigenvalue weighted by molar-refractivity contribution is 6.29. The minimum absolute atomic E-state index is 0.604. The van der Waals surface area contributed by atoms with E-state index in [2.05, 4.69) is 29.1 Å². The molecule has 0 aliphatic rings. The Morgan fingerprint density at radius 2 is 2.25 bits per heavy atom. The molecule has 3 nitrogen and oxygen atoms in total. The fourth-order valence-electron chi connectivity index (χ4n) is 1.74. The smallest absolute Gasteiger partial charge is 0.0841 e. The molecule has 0 aliphatic carbocycles. The summed E-state index contributed by atoms with van der Waals surface area (Å²) in [7, 11) is 1.95. The molecule has 0 bridgehead atoms. The summed E-state index contributed by atoms with van der Waals surface area (Å²) in [5.74, 6) is 0. The molecule has 0 unspecified atom stereocenters. The van der Waals surface area contributed by atoms with Gasteiger partial charge in [0.15, 0.2) is 0 Å². The molecule has 0 aliphatic heterocycles. The summed E-state index contributed by atoms with van der Waals surface area (Å²) >= 11 is 5.68. The normalized spacial score (nSPS) is 10.9. The van der Waals surface area contributed by atoms with Crippen molar-refractivity contribution in [2.75, 3.05) is 6.54 Å². The van der Waals surface area contributed by atoms with Crippen molar-refractivity contribution in [1.82, 2.24) is 15.1 Å². The van der Waals surface area contributed by atoms with Crippen LogP contribution in [0.3, 0.4) is 0 Å². The van der Waals surface area contributed by atoms with E-state index >= 15 is 0 Å². The second-order valence-corrected chi connectivity index (χ2v) is 4.24. The van der Waals surface area contributed by atoms with Gasteiger partial charge in [-0.1, -0.05) is 36.4 Å². The third-order valence-corrected chi connectivity index (χ3v) is 2.58. The predicted molar refractivity (Wildman–Crippen MR) is 67.4 cm³/mol. The molecule has 1 aromatic heterocycles. The van der Waals surface area contributed by atoms with Crippen LogP contribution in [0.15, 0.2) is 35.9 Å². The molecule has 4 heteroatoms. The molecule has 1 aromatic carbocycles. The molecule has 0 saturated heterocycles. The summed E-state index contributed by atoms with van der Waals surface area (Å²) in [6.45, 7) is 4.94. The maximum Gasteiger partial charge on any atom is 0.0841 e. The van der Waals surface area contributed by atoms with Crippen LogP contribution in [-0.4, -0.2) is 16.3 Å². The van der Waals surface area contributed by atoms with E-state index in [-0.39, 0.29) is 0 Å². The van der Waals surface area contributed by atoms with Crippen molar-refractivity contribution >= 4 is 22.5 Å². The van der Waals surface area contributed by atoms with Crippen LogP contribution in [0.4, 0.5) is 0 Å². The van der Waals surface area contributed by atoms with Gasteiger partial charge in [-0.3, -0.25) is 4.68 Å². The second kappa shape index (κ2) is 4.68. The standard InChI is InChI=1S/C12H14ClN3/c1-9(13)7-14-8-11-10-5-3-4-6-12(10)16(2)15-11/h3-6,14H,1,7-8H2,2H3. The zero-order chi connectivity index (χ0) is 11.5. The number of hydrogen-bond donors (Lipinski definition) is 1. The maximum atomic E-state index is 5.68. The van der Waals surface area contributed by atoms with E-state index in [1.807, 2.05) is 23.9 Å². The van der Waals surface area contributed by atoms with Crippen LogP contribution in [0.2, 0.25) is 0 Å². The molecule has 0 fully saturated rings. The van der Waals surface area contributed by atoms with Gasteiger partial charge in [-0.05, 0) is 6.07 Å². The van der Waals surface area contributed by atoms with E-state index in [4.69, 9.17) is 11.6 Å². The average Bonchev–Trinajstić information content (AvgIpc) is 2.57. The number of hydrogen-bond acceptors (Lipinski definition) is 2. The van der Waals surface area contributed by atoms with Gasteiger partial charge in [0, 0.05) is 30.6 Å². The maximum absolute atomic E-state index is 5.68. The van der Waals surface area contributed by atoms with Crippen molar-refractivity contribution < 1.29 is 0 Å². The Labute approximate surface area is 99.7 Å². The number of halogens is 1. The van der Waals surface area contributed by atoms with Gasteiger partial charge < -0.3 is 5.32 Å². The molecule has 84 valence electrons. The van der Waals surface area contributed by atoms with Gasteiger partial charge in [0.1, 0.15) is 0 Å². The van der Waals surface area contributed by atoms with Crippen LogP contribution in [-0.2, 0) is 13.6 Å². The van der Waals surface area contributed by atoms with Crippen LogP contribution < -0.4 is 5.32 Å². The summed E-state index contributed by atoms with van der Waals surface area (Å²) < 4.78 is 1.89. The molecule has 0 radical (unpaired) electrons. The number of aryl methyl sites for hydroxylation is 1. The molecule has 2 aromatic rings. The van der Waals surface area contributed by atoms with Gasteiger partial charge in [-0.25, -0.2) is 0 Å². The highest BCUT2D eigenvalue weighted by atomic mass is 35.5. The van der Waals surface area contributed by atoms with Crippen molar-refractivity contribution in [2.24, 2.45) is 7.05 Å². The van der Waals surface area contributed by atoms with Crippen LogP contribution in [0.5, 0.6) is 0 Å². The highest BCUT2D eigenvalue weighted by Crippen LogP contribution is 2.16. The van der Waals surface area contributed by atoms with E-state index in [0.717, 1.165) is 11.2 Å². The van der Waals surface area contributed by atoms with E-state index in [9.17, 15) is 0 Å². The summed E-state index contributed by atoms with van der Waals surface area (Å²) in [4.78, 5) is 0. The minimum Gasteiger partial charge on any atom is -0.306 e. The topological polar surface area (TPSA) is 29.9 Å². The van der Waals surface area contributed by atoms with Gasteiger partial charge >= 0.3 is 0 Å². The first-order valence-electron chi connectivity index (χ1n) is 5.13. The first-order valence-corrected chi connectivity index (χ1v) is 5.51. The van der Waals surface area contributed by atoms with Gasteiger partial charge in [0.25, 0.3) is 0 Å². The monoisotopic (exact) mass is 235 g/mol. The summed E-state index contributed by atoms with van der Waals surface area (Å²) in [5.41, 5.74) is 2.18. The zero-order valence-corrected chi connectivity index (χ0v) is 9.96. The van der Waals surface area contributed by atoms with Crippen LogP contribution in [0, 0.1) is 0 Å². The molecular weight excluding hydrogens is 222 g/mol. The van der Waals surface area contributed by atoms with Crippen LogP contribution in [0.1, 0.15) is 5.69 Å². The lowest BCUT2D eigenvalue weighted by atomic mass is 10.2. The molecule has 1 heterocycles. The quantitative estimate of drug-likeness (QED) is 0.882. The molecule has 2 rings (SSSR count). The lowest BCUT2D eigenvalue weighted by molar-refractivity contribution is 0.700. The van der Waals surface area contributed by atoms with Crippen LogP contribution >= 0.6 is 11.6 Å². The third-order valence-electron chi connectivity index (χ3n) is 2.44. The lowest BCUT2D eigenvalue weighted by Crippen LogP contribution is -2.15. The van der Waals surface area contributed by atoms with Crippen molar-refractivity contribution in [3.63, 3.8) is 0 Å². The Morgan fingerprint density at radius 1 is 1.50 bits per heavy atom. The fourth-order valence-corrected chi connectivity index (χ4v) is 1.83. The Hall–Kier alpha value is -1.32. The number of rotatable bonds is 4.